The van der Waals surface area contributed by atoms with Crippen molar-refractivity contribution < 1.29 is 9.53 Å². The van der Waals surface area contributed by atoms with Gasteiger partial charge in [-0.15, -0.1) is 0 Å². The monoisotopic (exact) mass is 487 g/mol. The van der Waals surface area contributed by atoms with Crippen LogP contribution in [0.15, 0.2) is 24.3 Å². The fraction of sp³-hybridized carbons (Fsp3) is 0.767. The van der Waals surface area contributed by atoms with Crippen molar-refractivity contribution in [1.82, 2.24) is 4.90 Å². The minimum atomic E-state index is -0.0305. The van der Waals surface area contributed by atoms with Crippen LogP contribution in [0.25, 0.3) is 0 Å². The lowest BCUT2D eigenvalue weighted by molar-refractivity contribution is -0.144. The number of carbonyl (C=O) groups excluding carboxylic acids is 1. The number of carbonyl (C=O) groups is 1. The first-order valence-electron chi connectivity index (χ1n) is 14.3. The second kappa shape index (κ2) is 13.3. The smallest absolute Gasteiger partial charge is 0.306 e. The zero-order valence-electron chi connectivity index (χ0n) is 21.4. The highest BCUT2D eigenvalue weighted by molar-refractivity contribution is 6.30. The molecule has 3 aliphatic carbocycles. The van der Waals surface area contributed by atoms with E-state index in [2.05, 4.69) is 23.1 Å². The Balaban J connectivity index is 1.54. The van der Waals surface area contributed by atoms with Gasteiger partial charge in [0.05, 0.1) is 6.61 Å². The number of esters is 1. The number of hydrogen-bond acceptors (Lipinski definition) is 3. The van der Waals surface area contributed by atoms with Gasteiger partial charge in [-0.1, -0.05) is 62.3 Å². The number of rotatable bonds is 9. The zero-order valence-corrected chi connectivity index (χ0v) is 22.1. The lowest BCUT2D eigenvalue weighted by Gasteiger charge is -2.46. The topological polar surface area (TPSA) is 29.5 Å². The number of halogens is 1. The summed E-state index contributed by atoms with van der Waals surface area (Å²) in [7, 11) is 0. The first kappa shape index (κ1) is 26.0. The molecule has 0 aliphatic heterocycles. The summed E-state index contributed by atoms with van der Waals surface area (Å²) in [4.78, 5) is 15.2. The Hall–Kier alpha value is -1.06. The van der Waals surface area contributed by atoms with Crippen LogP contribution in [0.2, 0.25) is 5.02 Å². The van der Waals surface area contributed by atoms with E-state index in [4.69, 9.17) is 16.3 Å². The summed E-state index contributed by atoms with van der Waals surface area (Å²) in [6.45, 7) is 4.90. The van der Waals surface area contributed by atoms with Crippen LogP contribution in [0.1, 0.15) is 108 Å². The first-order valence-corrected chi connectivity index (χ1v) is 14.6. The van der Waals surface area contributed by atoms with Gasteiger partial charge in [0.2, 0.25) is 0 Å². The molecular formula is C30H46ClNO2. The van der Waals surface area contributed by atoms with E-state index in [1.807, 2.05) is 13.0 Å². The molecule has 3 saturated carbocycles. The van der Waals surface area contributed by atoms with Gasteiger partial charge in [-0.2, -0.15) is 0 Å². The SMILES string of the molecule is CCOC(=O)C[C@@H]1CC[C@@H](N(CC2CCCCC2)CC2CCCCC2)[C@H](c2cccc(Cl)c2)C1. The zero-order chi connectivity index (χ0) is 23.8. The lowest BCUT2D eigenvalue weighted by atomic mass is 9.72. The Morgan fingerprint density at radius 1 is 0.912 bits per heavy atom. The first-order chi connectivity index (χ1) is 16.6. The van der Waals surface area contributed by atoms with E-state index in [-0.39, 0.29) is 5.97 Å². The molecule has 0 radical (unpaired) electrons. The van der Waals surface area contributed by atoms with Gasteiger partial charge in [-0.05, 0) is 93.2 Å². The second-order valence-electron chi connectivity index (χ2n) is 11.4. The van der Waals surface area contributed by atoms with E-state index in [9.17, 15) is 4.79 Å². The maximum absolute atomic E-state index is 12.3. The molecule has 3 atom stereocenters. The van der Waals surface area contributed by atoms with Gasteiger partial charge in [0, 0.05) is 30.6 Å². The Morgan fingerprint density at radius 2 is 1.56 bits per heavy atom. The van der Waals surface area contributed by atoms with Crippen LogP contribution in [0.3, 0.4) is 0 Å². The number of nitrogens with zero attached hydrogens (tertiary/aromatic N) is 1. The molecule has 4 rings (SSSR count). The van der Waals surface area contributed by atoms with Gasteiger partial charge in [-0.25, -0.2) is 0 Å². The average Bonchev–Trinajstić information content (AvgIpc) is 2.85. The van der Waals surface area contributed by atoms with Crippen molar-refractivity contribution in [2.45, 2.75) is 109 Å². The molecule has 3 aliphatic rings. The molecule has 3 nitrogen and oxygen atoms in total. The van der Waals surface area contributed by atoms with E-state index in [0.717, 1.165) is 29.7 Å². The highest BCUT2D eigenvalue weighted by atomic mass is 35.5. The van der Waals surface area contributed by atoms with Crippen molar-refractivity contribution in [2.75, 3.05) is 19.7 Å². The minimum absolute atomic E-state index is 0.0305. The number of ether oxygens (including phenoxy) is 1. The van der Waals surface area contributed by atoms with Gasteiger partial charge < -0.3 is 4.74 Å². The fourth-order valence-electron chi connectivity index (χ4n) is 7.16. The van der Waals surface area contributed by atoms with Crippen molar-refractivity contribution >= 4 is 17.6 Å². The van der Waals surface area contributed by atoms with Crippen molar-refractivity contribution in [3.63, 3.8) is 0 Å². The van der Waals surface area contributed by atoms with Gasteiger partial charge in [0.25, 0.3) is 0 Å². The van der Waals surface area contributed by atoms with Crippen LogP contribution in [0.4, 0.5) is 0 Å². The summed E-state index contributed by atoms with van der Waals surface area (Å²) in [6, 6.07) is 9.11. The van der Waals surface area contributed by atoms with E-state index in [0.29, 0.717) is 30.9 Å². The Bertz CT molecular complexity index is 736. The Labute approximate surface area is 213 Å². The standard InChI is InChI=1S/C30H46ClNO2/c1-2-34-30(33)19-25-16-17-29(28(18-25)26-14-9-15-27(31)20-26)32(21-23-10-5-3-6-11-23)22-24-12-7-4-8-13-24/h9,14-15,20,23-25,28-29H,2-8,10-13,16-19,21-22H2,1H3/t25-,28+,29-/m1/s1. The Kier molecular flexibility index (Phi) is 10.2. The fourth-order valence-corrected chi connectivity index (χ4v) is 7.36. The van der Waals surface area contributed by atoms with Gasteiger partial charge in [-0.3, -0.25) is 9.69 Å². The van der Waals surface area contributed by atoms with Crippen molar-refractivity contribution in [3.05, 3.63) is 34.9 Å². The molecule has 0 unspecified atom stereocenters. The quantitative estimate of drug-likeness (QED) is 0.330. The van der Waals surface area contributed by atoms with Crippen molar-refractivity contribution in [1.29, 1.82) is 0 Å². The van der Waals surface area contributed by atoms with Crippen LogP contribution in [-0.4, -0.2) is 36.6 Å². The van der Waals surface area contributed by atoms with E-state index in [1.165, 1.54) is 89.3 Å². The third kappa shape index (κ3) is 7.47. The van der Waals surface area contributed by atoms with Gasteiger partial charge in [0.1, 0.15) is 0 Å². The highest BCUT2D eigenvalue weighted by Gasteiger charge is 2.37. The number of hydrogen-bond donors (Lipinski definition) is 0. The van der Waals surface area contributed by atoms with Crippen molar-refractivity contribution in [2.24, 2.45) is 17.8 Å². The predicted molar refractivity (Wildman–Crippen MR) is 141 cm³/mol. The van der Waals surface area contributed by atoms with Crippen LogP contribution in [0.5, 0.6) is 0 Å². The number of benzene rings is 1. The highest BCUT2D eigenvalue weighted by Crippen LogP contribution is 2.42. The van der Waals surface area contributed by atoms with Crippen molar-refractivity contribution in [3.8, 4) is 0 Å². The van der Waals surface area contributed by atoms with Crippen LogP contribution in [0, 0.1) is 17.8 Å². The average molecular weight is 488 g/mol. The van der Waals surface area contributed by atoms with E-state index < -0.39 is 0 Å². The molecule has 1 aromatic carbocycles. The molecule has 0 heterocycles. The molecule has 34 heavy (non-hydrogen) atoms. The molecule has 3 fully saturated rings. The molecule has 4 heteroatoms. The van der Waals surface area contributed by atoms with Crippen LogP contribution in [-0.2, 0) is 9.53 Å². The van der Waals surface area contributed by atoms with E-state index in [1.54, 1.807) is 0 Å². The maximum Gasteiger partial charge on any atom is 0.306 e. The molecule has 0 bridgehead atoms. The summed E-state index contributed by atoms with van der Waals surface area (Å²) in [5, 5.41) is 0.829. The molecule has 1 aromatic rings. The molecular weight excluding hydrogens is 442 g/mol. The third-order valence-electron chi connectivity index (χ3n) is 8.86. The summed E-state index contributed by atoms with van der Waals surface area (Å²) in [5.41, 5.74) is 1.36. The minimum Gasteiger partial charge on any atom is -0.466 e. The van der Waals surface area contributed by atoms with Gasteiger partial charge in [0.15, 0.2) is 0 Å². The maximum atomic E-state index is 12.3. The third-order valence-corrected chi connectivity index (χ3v) is 9.10. The molecule has 190 valence electrons. The molecule has 0 amide bonds. The van der Waals surface area contributed by atoms with E-state index >= 15 is 0 Å². The predicted octanol–water partition coefficient (Wildman–Crippen LogP) is 8.01. The normalized spacial score (nSPS) is 27.1. The molecule has 0 spiro atoms. The summed E-state index contributed by atoms with van der Waals surface area (Å²) in [5.74, 6) is 2.53. The lowest BCUT2D eigenvalue weighted by Crippen LogP contribution is -2.47. The Morgan fingerprint density at radius 3 is 2.15 bits per heavy atom. The van der Waals surface area contributed by atoms with Gasteiger partial charge >= 0.3 is 5.97 Å². The largest absolute Gasteiger partial charge is 0.466 e. The molecule has 0 saturated heterocycles. The molecule has 0 N–H and O–H groups in total. The molecule has 0 aromatic heterocycles. The van der Waals surface area contributed by atoms with Crippen LogP contribution >= 0.6 is 11.6 Å². The summed E-state index contributed by atoms with van der Waals surface area (Å²) >= 11 is 6.48. The van der Waals surface area contributed by atoms with Crippen LogP contribution < -0.4 is 0 Å². The summed E-state index contributed by atoms with van der Waals surface area (Å²) < 4.78 is 5.31. The summed E-state index contributed by atoms with van der Waals surface area (Å²) in [6.07, 6.45) is 18.0. The second-order valence-corrected chi connectivity index (χ2v) is 11.8.